The Hall–Kier alpha value is -3.71. The van der Waals surface area contributed by atoms with E-state index in [0.29, 0.717) is 30.0 Å². The number of hydrogen-bond donors (Lipinski definition) is 0. The van der Waals surface area contributed by atoms with Crippen LogP contribution in [0, 0.1) is 5.82 Å². The zero-order valence-electron chi connectivity index (χ0n) is 21.0. The Labute approximate surface area is 230 Å². The van der Waals surface area contributed by atoms with Crippen LogP contribution in [0.1, 0.15) is 24.4 Å². The van der Waals surface area contributed by atoms with Crippen molar-refractivity contribution >= 4 is 28.8 Å². The zero-order chi connectivity index (χ0) is 27.5. The molecule has 3 aliphatic heterocycles. The van der Waals surface area contributed by atoms with E-state index >= 15 is 4.39 Å². The van der Waals surface area contributed by atoms with Crippen LogP contribution in [-0.4, -0.2) is 62.8 Å². The molecule has 4 aromatic rings. The number of fused-ring (bicyclic) bond motifs is 2. The second-order valence-electron chi connectivity index (χ2n) is 10.3. The maximum atomic E-state index is 15.3. The lowest BCUT2D eigenvalue weighted by molar-refractivity contribution is 0.116. The van der Waals surface area contributed by atoms with E-state index in [1.807, 2.05) is 17.8 Å². The van der Waals surface area contributed by atoms with Crippen LogP contribution in [0.2, 0.25) is 0 Å². The number of aromatic nitrogens is 3. The van der Waals surface area contributed by atoms with E-state index in [1.165, 1.54) is 6.20 Å². The summed E-state index contributed by atoms with van der Waals surface area (Å²) in [6, 6.07) is 11.1. The fourth-order valence-electron chi connectivity index (χ4n) is 5.91. The highest BCUT2D eigenvalue weighted by Gasteiger charge is 2.49. The van der Waals surface area contributed by atoms with E-state index in [-0.39, 0.29) is 35.4 Å². The first-order valence-electron chi connectivity index (χ1n) is 12.9. The van der Waals surface area contributed by atoms with Crippen molar-refractivity contribution in [3.63, 3.8) is 0 Å². The number of thioether (sulfide) groups is 1. The quantitative estimate of drug-likeness (QED) is 0.294. The van der Waals surface area contributed by atoms with Gasteiger partial charge in [0.25, 0.3) is 16.7 Å². The molecule has 13 heteroatoms. The van der Waals surface area contributed by atoms with Gasteiger partial charge in [-0.05, 0) is 24.6 Å². The summed E-state index contributed by atoms with van der Waals surface area (Å²) < 4.78 is 45.9. The zero-order valence-corrected chi connectivity index (χ0v) is 21.9. The summed E-state index contributed by atoms with van der Waals surface area (Å²) in [5.74, 6) is 0.371. The van der Waals surface area contributed by atoms with Gasteiger partial charge in [-0.25, -0.2) is 4.39 Å². The average molecular weight is 569 g/mol. The molecule has 2 bridgehead atoms. The van der Waals surface area contributed by atoms with Crippen molar-refractivity contribution in [2.75, 3.05) is 34.4 Å². The molecule has 3 fully saturated rings. The maximum absolute atomic E-state index is 15.3. The van der Waals surface area contributed by atoms with Crippen molar-refractivity contribution in [3.05, 3.63) is 80.4 Å². The van der Waals surface area contributed by atoms with E-state index in [1.54, 1.807) is 29.2 Å². The summed E-state index contributed by atoms with van der Waals surface area (Å²) in [5.41, 5.74) is 0.128. The van der Waals surface area contributed by atoms with Gasteiger partial charge >= 0.3 is 6.43 Å². The number of hydrogen-bond acceptors (Lipinski definition) is 10. The molecule has 5 heterocycles. The molecule has 2 unspecified atom stereocenters. The third kappa shape index (κ3) is 4.10. The Morgan fingerprint density at radius 1 is 1.05 bits per heavy atom. The minimum absolute atomic E-state index is 0.00296. The van der Waals surface area contributed by atoms with Gasteiger partial charge in [0.1, 0.15) is 17.2 Å². The second-order valence-corrected chi connectivity index (χ2v) is 11.3. The molecular formula is C27H23F3N6O3S. The predicted molar refractivity (Wildman–Crippen MR) is 143 cm³/mol. The molecule has 3 aliphatic rings. The molecule has 7 rings (SSSR count). The van der Waals surface area contributed by atoms with Gasteiger partial charge in [0.15, 0.2) is 0 Å². The van der Waals surface area contributed by atoms with E-state index in [0.717, 1.165) is 30.5 Å². The van der Waals surface area contributed by atoms with Crippen molar-refractivity contribution in [1.29, 1.82) is 0 Å². The number of pyridine rings is 1. The molecule has 0 saturated carbocycles. The maximum Gasteiger partial charge on any atom is 0.314 e. The molecule has 9 nitrogen and oxygen atoms in total. The van der Waals surface area contributed by atoms with Crippen LogP contribution in [-0.2, 0) is 6.54 Å². The van der Waals surface area contributed by atoms with Crippen LogP contribution in [0.3, 0.4) is 0 Å². The van der Waals surface area contributed by atoms with Gasteiger partial charge in [-0.1, -0.05) is 18.2 Å². The fourth-order valence-corrected chi connectivity index (χ4v) is 6.74. The minimum atomic E-state index is -2.95. The summed E-state index contributed by atoms with van der Waals surface area (Å²) in [6.07, 6.45) is -0.750. The lowest BCUT2D eigenvalue weighted by Crippen LogP contribution is -2.56. The van der Waals surface area contributed by atoms with Crippen LogP contribution in [0.25, 0.3) is 11.5 Å². The number of halogens is 3. The molecular weight excluding hydrogens is 545 g/mol. The van der Waals surface area contributed by atoms with Crippen molar-refractivity contribution in [2.45, 2.75) is 37.5 Å². The fraction of sp³-hybridized carbons (Fsp3) is 0.370. The first-order valence-corrected chi connectivity index (χ1v) is 14.1. The molecule has 2 aromatic carbocycles. The van der Waals surface area contributed by atoms with Gasteiger partial charge in [-0.2, -0.15) is 20.5 Å². The molecule has 2 aromatic heterocycles. The standard InChI is InChI=1S/C27H23F3N6O3S/c28-19-6-14(26-32-33-27(39-26)25(29)30)8-31-20(19)11-36(15-4-2-1-3-5-15)22-21(23(37)24(22)38)35-10-16-7-17(35)9-34(16)18-12-40-13-18/h1-6,8,16-18,25H,7,9-13H2. The third-order valence-corrected chi connectivity index (χ3v) is 9.20. The highest BCUT2D eigenvalue weighted by atomic mass is 32.2. The first kappa shape index (κ1) is 25.3. The number of benzene rings is 1. The van der Waals surface area contributed by atoms with Crippen molar-refractivity contribution in [2.24, 2.45) is 0 Å². The van der Waals surface area contributed by atoms with Crippen molar-refractivity contribution in [3.8, 4) is 11.5 Å². The number of likely N-dealkylation sites (tertiary alicyclic amines) is 1. The smallest absolute Gasteiger partial charge is 0.314 e. The normalized spacial score (nSPS) is 21.1. The third-order valence-electron chi connectivity index (χ3n) is 7.96. The van der Waals surface area contributed by atoms with Gasteiger partial charge in [-0.3, -0.25) is 19.5 Å². The van der Waals surface area contributed by atoms with Gasteiger partial charge in [0.05, 0.1) is 17.8 Å². The highest BCUT2D eigenvalue weighted by molar-refractivity contribution is 8.00. The van der Waals surface area contributed by atoms with E-state index in [9.17, 15) is 18.4 Å². The SMILES string of the molecule is O=c1c(N(Cc2ncc(-c3nnc(C(F)F)o3)cc2F)c2ccccc2)c(N2CC3CC2CN3C2CSC2)c1=O. The largest absolute Gasteiger partial charge is 0.415 e. The monoisotopic (exact) mass is 568 g/mol. The molecule has 0 amide bonds. The minimum Gasteiger partial charge on any atom is -0.415 e. The lowest BCUT2D eigenvalue weighted by Gasteiger charge is -2.43. The van der Waals surface area contributed by atoms with E-state index in [2.05, 4.69) is 25.0 Å². The molecule has 0 aliphatic carbocycles. The molecule has 206 valence electrons. The molecule has 0 spiro atoms. The van der Waals surface area contributed by atoms with Crippen LogP contribution >= 0.6 is 11.8 Å². The van der Waals surface area contributed by atoms with Crippen LogP contribution in [0.5, 0.6) is 0 Å². The lowest BCUT2D eigenvalue weighted by atomic mass is 10.1. The molecule has 3 saturated heterocycles. The summed E-state index contributed by atoms with van der Waals surface area (Å²) in [7, 11) is 0. The Kier molecular flexibility index (Phi) is 6.15. The number of para-hydroxylation sites is 1. The number of alkyl halides is 2. The van der Waals surface area contributed by atoms with Crippen LogP contribution in [0.4, 0.5) is 30.2 Å². The van der Waals surface area contributed by atoms with Gasteiger partial charge in [0.2, 0.25) is 5.89 Å². The van der Waals surface area contributed by atoms with Crippen LogP contribution in [0.15, 0.2) is 56.6 Å². The Morgan fingerprint density at radius 3 is 2.48 bits per heavy atom. The predicted octanol–water partition coefficient (Wildman–Crippen LogP) is 3.52. The number of nitrogens with zero attached hydrogens (tertiary/aromatic N) is 6. The number of piperazine rings is 1. The Bertz CT molecular complexity index is 1640. The van der Waals surface area contributed by atoms with Gasteiger partial charge < -0.3 is 14.2 Å². The topological polar surface area (TPSA) is 95.7 Å². The van der Waals surface area contributed by atoms with E-state index in [4.69, 9.17) is 4.42 Å². The highest BCUT2D eigenvalue weighted by Crippen LogP contribution is 2.42. The Morgan fingerprint density at radius 2 is 1.85 bits per heavy atom. The molecule has 0 radical (unpaired) electrons. The molecule has 2 atom stereocenters. The first-order chi connectivity index (χ1) is 19.4. The van der Waals surface area contributed by atoms with Crippen molar-refractivity contribution < 1.29 is 17.6 Å². The summed E-state index contributed by atoms with van der Waals surface area (Å²) in [5, 5.41) is 6.81. The summed E-state index contributed by atoms with van der Waals surface area (Å²) in [6.45, 7) is 1.41. The Balaban J connectivity index is 1.20. The van der Waals surface area contributed by atoms with Crippen molar-refractivity contribution in [1.82, 2.24) is 20.1 Å². The molecule has 40 heavy (non-hydrogen) atoms. The molecule has 0 N–H and O–H groups in total. The second kappa shape index (κ2) is 9.73. The van der Waals surface area contributed by atoms with Gasteiger partial charge in [0, 0.05) is 54.6 Å². The summed E-state index contributed by atoms with van der Waals surface area (Å²) in [4.78, 5) is 36.4. The number of rotatable bonds is 8. The summed E-state index contributed by atoms with van der Waals surface area (Å²) >= 11 is 1.94. The van der Waals surface area contributed by atoms with Crippen LogP contribution < -0.4 is 20.7 Å². The van der Waals surface area contributed by atoms with Gasteiger partial charge in [-0.15, -0.1) is 10.2 Å². The number of anilines is 3. The average Bonchev–Trinajstić information content (AvgIpc) is 3.67. The van der Waals surface area contributed by atoms with E-state index < -0.39 is 29.0 Å².